The molecule has 1 heterocycles. The smallest absolute Gasteiger partial charge is 0.0676 e. The Morgan fingerprint density at radius 1 is 1.62 bits per heavy atom. The summed E-state index contributed by atoms with van der Waals surface area (Å²) < 4.78 is 5.15. The van der Waals surface area contributed by atoms with Gasteiger partial charge in [-0.1, -0.05) is 17.7 Å². The van der Waals surface area contributed by atoms with Gasteiger partial charge in [-0.05, 0) is 36.6 Å². The Morgan fingerprint density at radius 2 is 2.44 bits per heavy atom. The molecule has 0 fully saturated rings. The minimum Gasteiger partial charge on any atom is -0.380 e. The van der Waals surface area contributed by atoms with Crippen LogP contribution in [0.25, 0.3) is 6.08 Å². The lowest BCUT2D eigenvalue weighted by Crippen LogP contribution is -2.02. The maximum absolute atomic E-state index is 6.03. The lowest BCUT2D eigenvalue weighted by molar-refractivity contribution is 0.223. The van der Waals surface area contributed by atoms with E-state index in [1.54, 1.807) is 19.5 Å². The van der Waals surface area contributed by atoms with Gasteiger partial charge in [0.2, 0.25) is 0 Å². The molecule has 88 valence electrons. The number of nitrogens with zero attached hydrogens (tertiary/aromatic N) is 1. The van der Waals surface area contributed by atoms with Crippen LogP contribution in [0.1, 0.15) is 18.4 Å². The van der Waals surface area contributed by atoms with Crippen LogP contribution in [0.4, 0.5) is 0 Å². The van der Waals surface area contributed by atoms with Gasteiger partial charge in [0.25, 0.3) is 0 Å². The van der Waals surface area contributed by atoms with Gasteiger partial charge < -0.3 is 10.5 Å². The van der Waals surface area contributed by atoms with Crippen molar-refractivity contribution in [2.24, 2.45) is 5.73 Å². The van der Waals surface area contributed by atoms with Crippen LogP contribution in [0, 0.1) is 0 Å². The van der Waals surface area contributed by atoms with Gasteiger partial charge in [-0.25, -0.2) is 0 Å². The molecule has 0 radical (unpaired) electrons. The third-order valence-corrected chi connectivity index (χ3v) is 2.51. The number of methoxy groups -OCH3 is 1. The molecule has 1 rings (SSSR count). The van der Waals surface area contributed by atoms with Gasteiger partial charge in [-0.15, -0.1) is 0 Å². The zero-order chi connectivity index (χ0) is 11.8. The van der Waals surface area contributed by atoms with Crippen LogP contribution < -0.4 is 5.73 Å². The zero-order valence-corrected chi connectivity index (χ0v) is 10.2. The van der Waals surface area contributed by atoms with E-state index < -0.39 is 0 Å². The van der Waals surface area contributed by atoms with Crippen molar-refractivity contribution in [2.45, 2.75) is 12.8 Å². The predicted octanol–water partition coefficient (Wildman–Crippen LogP) is 2.50. The molecule has 0 saturated carbocycles. The molecule has 0 amide bonds. The number of hydrogen-bond donors (Lipinski definition) is 1. The highest BCUT2D eigenvalue weighted by atomic mass is 35.5. The summed E-state index contributed by atoms with van der Waals surface area (Å²) in [6, 6.07) is 1.89. The molecule has 0 unspecified atom stereocenters. The second-order valence-electron chi connectivity index (χ2n) is 3.53. The van der Waals surface area contributed by atoms with E-state index in [4.69, 9.17) is 22.1 Å². The topological polar surface area (TPSA) is 48.1 Å². The van der Waals surface area contributed by atoms with Crippen molar-refractivity contribution in [2.75, 3.05) is 20.3 Å². The average molecular weight is 241 g/mol. The van der Waals surface area contributed by atoms with Crippen molar-refractivity contribution < 1.29 is 4.74 Å². The minimum atomic E-state index is 0.610. The zero-order valence-electron chi connectivity index (χ0n) is 9.45. The second kappa shape index (κ2) is 7.39. The van der Waals surface area contributed by atoms with Gasteiger partial charge in [0.05, 0.1) is 11.6 Å². The average Bonchev–Trinajstić information content (AvgIpc) is 2.29. The van der Waals surface area contributed by atoms with Gasteiger partial charge in [0, 0.05) is 19.5 Å². The summed E-state index contributed by atoms with van der Waals surface area (Å²) in [5.41, 5.74) is 7.66. The van der Waals surface area contributed by atoms with Gasteiger partial charge in [-0.2, -0.15) is 0 Å². The fourth-order valence-corrected chi connectivity index (χ4v) is 1.60. The Labute approximate surface area is 101 Å². The number of pyridine rings is 1. The number of halogens is 1. The summed E-state index contributed by atoms with van der Waals surface area (Å²) in [4.78, 5) is 3.95. The Morgan fingerprint density at radius 3 is 3.06 bits per heavy atom. The van der Waals surface area contributed by atoms with Gasteiger partial charge in [0.1, 0.15) is 0 Å². The maximum atomic E-state index is 6.03. The lowest BCUT2D eigenvalue weighted by atomic mass is 10.1. The monoisotopic (exact) mass is 240 g/mol. The Kier molecular flexibility index (Phi) is 6.08. The highest BCUT2D eigenvalue weighted by molar-refractivity contribution is 6.31. The van der Waals surface area contributed by atoms with Crippen molar-refractivity contribution in [1.29, 1.82) is 0 Å². The molecule has 1 aromatic heterocycles. The molecule has 0 spiro atoms. The van der Waals surface area contributed by atoms with E-state index in [2.05, 4.69) is 4.98 Å². The van der Waals surface area contributed by atoms with Crippen LogP contribution in [-0.2, 0) is 4.74 Å². The molecule has 0 bridgehead atoms. The number of rotatable bonds is 6. The quantitative estimate of drug-likeness (QED) is 0.831. The number of aromatic nitrogens is 1. The lowest BCUT2D eigenvalue weighted by Gasteiger charge is -2.06. The first-order valence-electron chi connectivity index (χ1n) is 5.26. The molecule has 16 heavy (non-hydrogen) atoms. The first kappa shape index (κ1) is 13.2. The van der Waals surface area contributed by atoms with Gasteiger partial charge >= 0.3 is 0 Å². The van der Waals surface area contributed by atoms with Crippen LogP contribution in [0.2, 0.25) is 5.02 Å². The van der Waals surface area contributed by atoms with Crippen LogP contribution in [0.5, 0.6) is 0 Å². The highest BCUT2D eigenvalue weighted by Gasteiger charge is 2.00. The van der Waals surface area contributed by atoms with E-state index in [9.17, 15) is 0 Å². The fourth-order valence-electron chi connectivity index (χ4n) is 1.42. The van der Waals surface area contributed by atoms with E-state index in [0.717, 1.165) is 18.4 Å². The third kappa shape index (κ3) is 4.31. The first-order chi connectivity index (χ1) is 7.77. The third-order valence-electron chi connectivity index (χ3n) is 2.20. The molecule has 0 saturated heterocycles. The molecule has 4 heteroatoms. The first-order valence-corrected chi connectivity index (χ1v) is 5.63. The number of hydrogen-bond acceptors (Lipinski definition) is 3. The van der Waals surface area contributed by atoms with Crippen molar-refractivity contribution in [3.63, 3.8) is 0 Å². The molecule has 0 aliphatic rings. The summed E-state index contributed by atoms with van der Waals surface area (Å²) >= 11 is 6.03. The largest absolute Gasteiger partial charge is 0.380 e. The van der Waals surface area contributed by atoms with Gasteiger partial charge in [-0.3, -0.25) is 4.98 Å². The number of ether oxygens (including phenoxy) is 1. The molecule has 0 atom stereocenters. The molecule has 0 aliphatic heterocycles. The van der Waals surface area contributed by atoms with E-state index in [1.165, 1.54) is 5.57 Å². The standard InChI is InChI=1S/C12H17ClN2O/c1-16-9-10(3-2-5-14)7-11-4-6-15-8-12(11)13/h4,6-8H,2-3,5,9,14H2,1H3/b10-7+. The summed E-state index contributed by atoms with van der Waals surface area (Å²) in [7, 11) is 1.68. The minimum absolute atomic E-state index is 0.610. The van der Waals surface area contributed by atoms with Crippen molar-refractivity contribution in [3.05, 3.63) is 34.6 Å². The predicted molar refractivity (Wildman–Crippen MR) is 67.4 cm³/mol. The molecular formula is C12H17ClN2O. The van der Waals surface area contributed by atoms with Gasteiger partial charge in [0.15, 0.2) is 0 Å². The SMILES string of the molecule is COC/C(=C/c1ccncc1Cl)CCCN. The Bertz CT molecular complexity index is 353. The number of nitrogens with two attached hydrogens (primary N) is 1. The van der Waals surface area contributed by atoms with Crippen LogP contribution in [-0.4, -0.2) is 25.2 Å². The highest BCUT2D eigenvalue weighted by Crippen LogP contribution is 2.18. The summed E-state index contributed by atoms with van der Waals surface area (Å²) in [6.45, 7) is 1.30. The normalized spacial score (nSPS) is 11.8. The van der Waals surface area contributed by atoms with Crippen molar-refractivity contribution >= 4 is 17.7 Å². The van der Waals surface area contributed by atoms with Crippen molar-refractivity contribution in [1.82, 2.24) is 4.98 Å². The Balaban J connectivity index is 2.79. The van der Waals surface area contributed by atoms with E-state index in [0.29, 0.717) is 18.2 Å². The second-order valence-corrected chi connectivity index (χ2v) is 3.93. The van der Waals surface area contributed by atoms with E-state index >= 15 is 0 Å². The molecular weight excluding hydrogens is 224 g/mol. The molecule has 2 N–H and O–H groups in total. The molecule has 0 aromatic carbocycles. The fraction of sp³-hybridized carbons (Fsp3) is 0.417. The van der Waals surface area contributed by atoms with Crippen LogP contribution >= 0.6 is 11.6 Å². The van der Waals surface area contributed by atoms with E-state index in [1.807, 2.05) is 12.1 Å². The summed E-state index contributed by atoms with van der Waals surface area (Å²) in [5.74, 6) is 0. The Hall–Kier alpha value is -0.900. The van der Waals surface area contributed by atoms with Crippen LogP contribution in [0.15, 0.2) is 24.0 Å². The van der Waals surface area contributed by atoms with Crippen molar-refractivity contribution in [3.8, 4) is 0 Å². The molecule has 3 nitrogen and oxygen atoms in total. The summed E-state index contributed by atoms with van der Waals surface area (Å²) in [5, 5.41) is 0.656. The molecule has 1 aromatic rings. The summed E-state index contributed by atoms with van der Waals surface area (Å²) in [6.07, 6.45) is 7.30. The van der Waals surface area contributed by atoms with E-state index in [-0.39, 0.29) is 0 Å². The molecule has 0 aliphatic carbocycles. The maximum Gasteiger partial charge on any atom is 0.0676 e. The van der Waals surface area contributed by atoms with Crippen LogP contribution in [0.3, 0.4) is 0 Å².